The van der Waals surface area contributed by atoms with E-state index in [0.29, 0.717) is 45.1 Å². The van der Waals surface area contributed by atoms with Gasteiger partial charge in [0.25, 0.3) is 0 Å². The summed E-state index contributed by atoms with van der Waals surface area (Å²) >= 11 is 0. The summed E-state index contributed by atoms with van der Waals surface area (Å²) < 4.78 is 11.4. The summed E-state index contributed by atoms with van der Waals surface area (Å²) in [4.78, 5) is 13.1. The molecule has 0 spiro atoms. The number of nitrogens with one attached hydrogen (secondary N) is 1. The minimum absolute atomic E-state index is 0.0674. The second kappa shape index (κ2) is 9.05. The molecular formula is C23H29NO3. The molecule has 0 bridgehead atoms. The molecule has 1 heterocycles. The van der Waals surface area contributed by atoms with Crippen LogP contribution < -0.4 is 10.1 Å². The highest BCUT2D eigenvalue weighted by molar-refractivity contribution is 5.88. The van der Waals surface area contributed by atoms with Gasteiger partial charge in [-0.25, -0.2) is 0 Å². The van der Waals surface area contributed by atoms with Crippen molar-refractivity contribution in [2.24, 2.45) is 0 Å². The van der Waals surface area contributed by atoms with Crippen LogP contribution >= 0.6 is 0 Å². The largest absolute Gasteiger partial charge is 0.491 e. The van der Waals surface area contributed by atoms with Gasteiger partial charge >= 0.3 is 0 Å². The highest BCUT2D eigenvalue weighted by atomic mass is 16.5. The van der Waals surface area contributed by atoms with Crippen molar-refractivity contribution in [2.45, 2.75) is 38.0 Å². The van der Waals surface area contributed by atoms with Gasteiger partial charge in [-0.1, -0.05) is 62.4 Å². The van der Waals surface area contributed by atoms with Crippen molar-refractivity contribution < 1.29 is 14.3 Å². The van der Waals surface area contributed by atoms with Crippen molar-refractivity contribution in [3.63, 3.8) is 0 Å². The number of benzene rings is 2. The number of ether oxygens (including phenoxy) is 2. The van der Waals surface area contributed by atoms with E-state index in [1.54, 1.807) is 0 Å². The molecule has 2 aromatic carbocycles. The standard InChI is InChI=1S/C23H29NO3/c1-18(2)20-10-6-7-11-21(20)27-17-14-24-22(25)23(12-15-26-16-13-23)19-8-4-3-5-9-19/h3-11,18H,12-17H2,1-2H3,(H,24,25). The maximum absolute atomic E-state index is 13.1. The summed E-state index contributed by atoms with van der Waals surface area (Å²) in [6.07, 6.45) is 1.42. The second-order valence-corrected chi connectivity index (χ2v) is 7.36. The Hall–Kier alpha value is -2.33. The van der Waals surface area contributed by atoms with Crippen LogP contribution in [0.2, 0.25) is 0 Å². The molecule has 1 fully saturated rings. The number of carbonyl (C=O) groups excluding carboxylic acids is 1. The molecule has 4 heteroatoms. The molecule has 4 nitrogen and oxygen atoms in total. The van der Waals surface area contributed by atoms with E-state index in [-0.39, 0.29) is 5.91 Å². The normalized spacial score (nSPS) is 16.1. The van der Waals surface area contributed by atoms with Gasteiger partial charge in [-0.3, -0.25) is 4.79 Å². The SMILES string of the molecule is CC(C)c1ccccc1OCCNC(=O)C1(c2ccccc2)CCOCC1. The minimum atomic E-state index is -0.505. The molecule has 2 aromatic rings. The lowest BCUT2D eigenvalue weighted by atomic mass is 9.73. The molecule has 27 heavy (non-hydrogen) atoms. The summed E-state index contributed by atoms with van der Waals surface area (Å²) in [6, 6.07) is 18.1. The van der Waals surface area contributed by atoms with E-state index in [0.717, 1.165) is 11.3 Å². The van der Waals surface area contributed by atoms with E-state index < -0.39 is 5.41 Å². The summed E-state index contributed by atoms with van der Waals surface area (Å²) in [5, 5.41) is 3.09. The monoisotopic (exact) mass is 367 g/mol. The fraction of sp³-hybridized carbons (Fsp3) is 0.435. The van der Waals surface area contributed by atoms with Gasteiger partial charge in [-0.15, -0.1) is 0 Å². The molecule has 1 aliphatic heterocycles. The van der Waals surface area contributed by atoms with E-state index in [9.17, 15) is 4.79 Å². The molecule has 1 N–H and O–H groups in total. The van der Waals surface area contributed by atoms with E-state index in [4.69, 9.17) is 9.47 Å². The lowest BCUT2D eigenvalue weighted by Crippen LogP contribution is -2.48. The van der Waals surface area contributed by atoms with Crippen LogP contribution in [-0.2, 0) is 14.9 Å². The van der Waals surface area contributed by atoms with Crippen molar-refractivity contribution >= 4 is 5.91 Å². The molecule has 0 saturated carbocycles. The number of rotatable bonds is 7. The third kappa shape index (κ3) is 4.51. The summed E-state index contributed by atoms with van der Waals surface area (Å²) in [5.74, 6) is 1.36. The zero-order chi connectivity index (χ0) is 19.1. The Labute approximate surface area is 161 Å². The lowest BCUT2D eigenvalue weighted by Gasteiger charge is -2.36. The molecule has 3 rings (SSSR count). The quantitative estimate of drug-likeness (QED) is 0.751. The predicted molar refractivity (Wildman–Crippen MR) is 107 cm³/mol. The molecule has 1 aliphatic rings. The van der Waals surface area contributed by atoms with Crippen LogP contribution in [0.15, 0.2) is 54.6 Å². The number of para-hydroxylation sites is 1. The van der Waals surface area contributed by atoms with Gasteiger partial charge in [0.15, 0.2) is 0 Å². The molecule has 0 aromatic heterocycles. The van der Waals surface area contributed by atoms with Crippen LogP contribution in [0.5, 0.6) is 5.75 Å². The van der Waals surface area contributed by atoms with Gasteiger partial charge in [0.05, 0.1) is 12.0 Å². The first-order valence-electron chi connectivity index (χ1n) is 9.77. The highest BCUT2D eigenvalue weighted by Gasteiger charge is 2.41. The number of carbonyl (C=O) groups is 1. The average Bonchev–Trinajstić information content (AvgIpc) is 2.72. The van der Waals surface area contributed by atoms with Crippen LogP contribution in [-0.4, -0.2) is 32.3 Å². The Morgan fingerprint density at radius 1 is 1.07 bits per heavy atom. The van der Waals surface area contributed by atoms with Gasteiger partial charge in [-0.05, 0) is 36.0 Å². The Bertz CT molecular complexity index is 736. The molecule has 1 saturated heterocycles. The van der Waals surface area contributed by atoms with E-state index in [1.165, 1.54) is 5.56 Å². The lowest BCUT2D eigenvalue weighted by molar-refractivity contribution is -0.130. The molecule has 0 aliphatic carbocycles. The molecule has 0 atom stereocenters. The van der Waals surface area contributed by atoms with Gasteiger partial charge < -0.3 is 14.8 Å². The van der Waals surface area contributed by atoms with Crippen LogP contribution in [0.3, 0.4) is 0 Å². The van der Waals surface area contributed by atoms with Gasteiger partial charge in [-0.2, -0.15) is 0 Å². The molecule has 144 valence electrons. The Balaban J connectivity index is 1.61. The van der Waals surface area contributed by atoms with Crippen LogP contribution in [0, 0.1) is 0 Å². The van der Waals surface area contributed by atoms with Crippen molar-refractivity contribution in [1.82, 2.24) is 5.32 Å². The Morgan fingerprint density at radius 2 is 1.74 bits per heavy atom. The first-order chi connectivity index (χ1) is 13.1. The van der Waals surface area contributed by atoms with Crippen molar-refractivity contribution in [3.8, 4) is 5.75 Å². The van der Waals surface area contributed by atoms with Crippen molar-refractivity contribution in [3.05, 3.63) is 65.7 Å². The summed E-state index contributed by atoms with van der Waals surface area (Å²) in [5.41, 5.74) is 1.75. The zero-order valence-electron chi connectivity index (χ0n) is 16.2. The van der Waals surface area contributed by atoms with E-state index in [2.05, 4.69) is 25.2 Å². The smallest absolute Gasteiger partial charge is 0.230 e. The molecule has 1 amide bonds. The predicted octanol–water partition coefficient (Wildman–Crippen LogP) is 4.05. The van der Waals surface area contributed by atoms with Crippen molar-refractivity contribution in [1.29, 1.82) is 0 Å². The third-order valence-corrected chi connectivity index (χ3v) is 5.29. The molecule has 0 unspecified atom stereocenters. The Morgan fingerprint density at radius 3 is 2.44 bits per heavy atom. The second-order valence-electron chi connectivity index (χ2n) is 7.36. The number of amides is 1. The highest BCUT2D eigenvalue weighted by Crippen LogP contribution is 2.35. The van der Waals surface area contributed by atoms with Crippen LogP contribution in [0.1, 0.15) is 43.7 Å². The van der Waals surface area contributed by atoms with Crippen LogP contribution in [0.25, 0.3) is 0 Å². The fourth-order valence-corrected chi connectivity index (χ4v) is 3.71. The Kier molecular flexibility index (Phi) is 6.51. The molecular weight excluding hydrogens is 338 g/mol. The van der Waals surface area contributed by atoms with Gasteiger partial charge in [0, 0.05) is 13.2 Å². The topological polar surface area (TPSA) is 47.6 Å². The van der Waals surface area contributed by atoms with E-state index in [1.807, 2.05) is 48.5 Å². The average molecular weight is 367 g/mol. The van der Waals surface area contributed by atoms with Crippen molar-refractivity contribution in [2.75, 3.05) is 26.4 Å². The molecule has 0 radical (unpaired) electrons. The summed E-state index contributed by atoms with van der Waals surface area (Å²) in [6.45, 7) is 6.47. The summed E-state index contributed by atoms with van der Waals surface area (Å²) in [7, 11) is 0. The van der Waals surface area contributed by atoms with E-state index >= 15 is 0 Å². The third-order valence-electron chi connectivity index (χ3n) is 5.29. The number of hydrogen-bond acceptors (Lipinski definition) is 3. The number of hydrogen-bond donors (Lipinski definition) is 1. The maximum atomic E-state index is 13.1. The first-order valence-corrected chi connectivity index (χ1v) is 9.77. The van der Waals surface area contributed by atoms with Crippen LogP contribution in [0.4, 0.5) is 0 Å². The first kappa shape index (κ1) is 19.4. The fourth-order valence-electron chi connectivity index (χ4n) is 3.71. The maximum Gasteiger partial charge on any atom is 0.230 e. The minimum Gasteiger partial charge on any atom is -0.491 e. The van der Waals surface area contributed by atoms with Gasteiger partial charge in [0.1, 0.15) is 12.4 Å². The van der Waals surface area contributed by atoms with Gasteiger partial charge in [0.2, 0.25) is 5.91 Å². The zero-order valence-corrected chi connectivity index (χ0v) is 16.2.